The van der Waals surface area contributed by atoms with Crippen LogP contribution in [0.15, 0.2) is 16.2 Å². The first kappa shape index (κ1) is 12.5. The van der Waals surface area contributed by atoms with Crippen LogP contribution < -0.4 is 21.5 Å². The molecule has 2 heterocycles. The molecule has 18 heavy (non-hydrogen) atoms. The van der Waals surface area contributed by atoms with E-state index in [0.717, 1.165) is 23.5 Å². The molecule has 2 aromatic heterocycles. The second kappa shape index (κ2) is 5.61. The minimum Gasteiger partial charge on any atom is -0.364 e. The maximum Gasteiger partial charge on any atom is 0.304 e. The van der Waals surface area contributed by atoms with E-state index in [9.17, 15) is 4.79 Å². The molecular formula is C10H14N6OS. The molecule has 0 aliphatic carbocycles. The Hall–Kier alpha value is -1.93. The van der Waals surface area contributed by atoms with E-state index in [1.807, 2.05) is 6.92 Å². The number of nitrogens with one attached hydrogen (secondary N) is 3. The number of anilines is 2. The maximum atomic E-state index is 11.0. The first-order chi connectivity index (χ1) is 8.71. The van der Waals surface area contributed by atoms with Gasteiger partial charge in [0.15, 0.2) is 0 Å². The number of aromatic amines is 1. The summed E-state index contributed by atoms with van der Waals surface area (Å²) in [4.78, 5) is 22.1. The molecule has 5 N–H and O–H groups in total. The van der Waals surface area contributed by atoms with Crippen molar-refractivity contribution < 1.29 is 0 Å². The summed E-state index contributed by atoms with van der Waals surface area (Å²) in [6.45, 7) is 2.47. The van der Waals surface area contributed by atoms with Gasteiger partial charge in [-0.25, -0.2) is 15.8 Å². The lowest BCUT2D eigenvalue weighted by Gasteiger charge is -2.08. The number of nitrogen functional groups attached to an aromatic ring is 1. The van der Waals surface area contributed by atoms with E-state index in [4.69, 9.17) is 5.84 Å². The van der Waals surface area contributed by atoms with Crippen LogP contribution in [0.25, 0.3) is 0 Å². The van der Waals surface area contributed by atoms with E-state index < -0.39 is 0 Å². The van der Waals surface area contributed by atoms with Crippen molar-refractivity contribution in [3.63, 3.8) is 0 Å². The summed E-state index contributed by atoms with van der Waals surface area (Å²) in [5.74, 6) is 7.27. The number of thiazole rings is 1. The molecule has 2 rings (SSSR count). The Morgan fingerprint density at radius 2 is 2.22 bits per heavy atom. The molecule has 0 saturated carbocycles. The molecular weight excluding hydrogens is 252 g/mol. The van der Waals surface area contributed by atoms with E-state index in [0.29, 0.717) is 24.0 Å². The zero-order chi connectivity index (χ0) is 13.0. The first-order valence-electron chi connectivity index (χ1n) is 5.46. The van der Waals surface area contributed by atoms with Crippen LogP contribution in [0.5, 0.6) is 0 Å². The van der Waals surface area contributed by atoms with Crippen LogP contribution in [0.4, 0.5) is 11.6 Å². The summed E-state index contributed by atoms with van der Waals surface area (Å²) in [5.41, 5.74) is 3.32. The monoisotopic (exact) mass is 266 g/mol. The van der Waals surface area contributed by atoms with Crippen LogP contribution in [-0.2, 0) is 13.0 Å². The second-order valence-electron chi connectivity index (χ2n) is 3.58. The van der Waals surface area contributed by atoms with Crippen LogP contribution in [0.3, 0.4) is 0 Å². The summed E-state index contributed by atoms with van der Waals surface area (Å²) in [6.07, 6.45) is 0.722. The number of H-pyrrole nitrogens is 1. The van der Waals surface area contributed by atoms with E-state index in [-0.39, 0.29) is 4.87 Å². The van der Waals surface area contributed by atoms with Gasteiger partial charge in [0, 0.05) is 23.6 Å². The largest absolute Gasteiger partial charge is 0.364 e. The smallest absolute Gasteiger partial charge is 0.304 e. The van der Waals surface area contributed by atoms with Gasteiger partial charge in [0.05, 0.1) is 6.54 Å². The second-order valence-corrected chi connectivity index (χ2v) is 4.42. The van der Waals surface area contributed by atoms with E-state index in [2.05, 4.69) is 25.7 Å². The van der Waals surface area contributed by atoms with Crippen molar-refractivity contribution in [1.29, 1.82) is 0 Å². The Morgan fingerprint density at radius 1 is 1.44 bits per heavy atom. The Labute approximate surface area is 107 Å². The molecule has 0 aliphatic heterocycles. The summed E-state index contributed by atoms with van der Waals surface area (Å²) in [7, 11) is 0. The molecule has 96 valence electrons. The van der Waals surface area contributed by atoms with Crippen molar-refractivity contribution in [3.8, 4) is 0 Å². The van der Waals surface area contributed by atoms with Crippen molar-refractivity contribution in [3.05, 3.63) is 32.6 Å². The van der Waals surface area contributed by atoms with E-state index in [1.165, 1.54) is 0 Å². The Morgan fingerprint density at radius 3 is 2.83 bits per heavy atom. The Kier molecular flexibility index (Phi) is 3.90. The van der Waals surface area contributed by atoms with Crippen molar-refractivity contribution in [2.24, 2.45) is 5.84 Å². The third kappa shape index (κ3) is 3.05. The van der Waals surface area contributed by atoms with Crippen LogP contribution in [0.1, 0.15) is 18.4 Å². The fraction of sp³-hybridized carbons (Fsp3) is 0.300. The summed E-state index contributed by atoms with van der Waals surface area (Å²) < 4.78 is 0. The quantitative estimate of drug-likeness (QED) is 0.468. The number of aryl methyl sites for hydroxylation is 1. The van der Waals surface area contributed by atoms with Gasteiger partial charge in [-0.15, -0.1) is 0 Å². The number of nitrogens with zero attached hydrogens (tertiary/aromatic N) is 2. The lowest BCUT2D eigenvalue weighted by Crippen LogP contribution is -2.12. The van der Waals surface area contributed by atoms with Crippen molar-refractivity contribution in [2.45, 2.75) is 19.9 Å². The zero-order valence-corrected chi connectivity index (χ0v) is 10.7. The van der Waals surface area contributed by atoms with Crippen LogP contribution >= 0.6 is 11.3 Å². The number of aromatic nitrogens is 3. The Balaban J connectivity index is 2.10. The first-order valence-corrected chi connectivity index (χ1v) is 6.34. The number of nitrogens with two attached hydrogens (primary N) is 1. The molecule has 0 aromatic carbocycles. The zero-order valence-electron chi connectivity index (χ0n) is 9.86. The summed E-state index contributed by atoms with van der Waals surface area (Å²) >= 11 is 1.14. The van der Waals surface area contributed by atoms with Gasteiger partial charge in [0.25, 0.3) is 0 Å². The minimum absolute atomic E-state index is 0.0620. The summed E-state index contributed by atoms with van der Waals surface area (Å²) in [6, 6.07) is 1.71. The average Bonchev–Trinajstić information content (AvgIpc) is 2.81. The molecule has 0 atom stereocenters. The standard InChI is InChI=1S/C10H14N6OS/c1-2-7-14-8(3-9(15-7)16-11)12-4-6-5-18-10(17)13-6/h3,5H,2,4,11H2,1H3,(H,13,17)(H2,12,14,15,16). The lowest BCUT2D eigenvalue weighted by molar-refractivity contribution is 0.927. The molecule has 0 radical (unpaired) electrons. The highest BCUT2D eigenvalue weighted by molar-refractivity contribution is 7.07. The Bertz CT molecular complexity index is 555. The highest BCUT2D eigenvalue weighted by Crippen LogP contribution is 2.11. The molecule has 2 aromatic rings. The predicted octanol–water partition coefficient (Wildman–Crippen LogP) is 0.686. The maximum absolute atomic E-state index is 11.0. The normalized spacial score (nSPS) is 10.3. The highest BCUT2D eigenvalue weighted by atomic mass is 32.1. The van der Waals surface area contributed by atoms with Gasteiger partial charge in [-0.3, -0.25) is 4.79 Å². The van der Waals surface area contributed by atoms with Gasteiger partial charge in [-0.1, -0.05) is 18.3 Å². The molecule has 0 saturated heterocycles. The highest BCUT2D eigenvalue weighted by Gasteiger charge is 2.03. The van der Waals surface area contributed by atoms with E-state index >= 15 is 0 Å². The number of hydrogen-bond donors (Lipinski definition) is 4. The van der Waals surface area contributed by atoms with Crippen molar-refractivity contribution in [1.82, 2.24) is 15.0 Å². The molecule has 0 fully saturated rings. The molecule has 7 nitrogen and oxygen atoms in total. The van der Waals surface area contributed by atoms with Gasteiger partial charge in [0.1, 0.15) is 17.5 Å². The third-order valence-electron chi connectivity index (χ3n) is 2.27. The van der Waals surface area contributed by atoms with Gasteiger partial charge < -0.3 is 15.7 Å². The molecule has 0 bridgehead atoms. The van der Waals surface area contributed by atoms with E-state index in [1.54, 1.807) is 11.4 Å². The lowest BCUT2D eigenvalue weighted by atomic mass is 10.4. The van der Waals surface area contributed by atoms with Crippen molar-refractivity contribution in [2.75, 3.05) is 10.7 Å². The molecule has 0 spiro atoms. The number of hydrazine groups is 1. The topological polar surface area (TPSA) is 109 Å². The number of rotatable bonds is 5. The predicted molar refractivity (Wildman–Crippen MR) is 71.5 cm³/mol. The van der Waals surface area contributed by atoms with Crippen LogP contribution in [-0.4, -0.2) is 15.0 Å². The fourth-order valence-corrected chi connectivity index (χ4v) is 1.99. The van der Waals surface area contributed by atoms with Gasteiger partial charge in [-0.05, 0) is 0 Å². The van der Waals surface area contributed by atoms with Gasteiger partial charge in [-0.2, -0.15) is 0 Å². The molecule has 0 amide bonds. The third-order valence-corrected chi connectivity index (χ3v) is 2.99. The van der Waals surface area contributed by atoms with Gasteiger partial charge >= 0.3 is 4.87 Å². The number of hydrogen-bond acceptors (Lipinski definition) is 7. The average molecular weight is 266 g/mol. The van der Waals surface area contributed by atoms with Crippen LogP contribution in [0, 0.1) is 0 Å². The molecule has 8 heteroatoms. The van der Waals surface area contributed by atoms with Crippen LogP contribution in [0.2, 0.25) is 0 Å². The van der Waals surface area contributed by atoms with Crippen molar-refractivity contribution >= 4 is 23.0 Å². The molecule has 0 aliphatic rings. The molecule has 0 unspecified atom stereocenters. The SMILES string of the molecule is CCc1nc(NN)cc(NCc2csc(=O)[nH]2)n1. The van der Waals surface area contributed by atoms with Gasteiger partial charge in [0.2, 0.25) is 0 Å². The fourth-order valence-electron chi connectivity index (χ4n) is 1.41. The summed E-state index contributed by atoms with van der Waals surface area (Å²) in [5, 5.41) is 4.89. The minimum atomic E-state index is -0.0620.